The lowest BCUT2D eigenvalue weighted by atomic mass is 10.2. The van der Waals surface area contributed by atoms with Crippen LogP contribution in [0.2, 0.25) is 0 Å². The molecule has 0 spiro atoms. The molecular formula is C20H17FN2O2S. The number of benzene rings is 2. The van der Waals surface area contributed by atoms with Crippen molar-refractivity contribution in [2.45, 2.75) is 36.2 Å². The monoisotopic (exact) mass is 368 g/mol. The van der Waals surface area contributed by atoms with Crippen LogP contribution in [0.5, 0.6) is 0 Å². The molecule has 0 saturated heterocycles. The van der Waals surface area contributed by atoms with E-state index in [1.54, 1.807) is 34.9 Å². The summed E-state index contributed by atoms with van der Waals surface area (Å²) in [6.07, 6.45) is 2.28. The first kappa shape index (κ1) is 17.0. The third-order valence-electron chi connectivity index (χ3n) is 4.58. The van der Waals surface area contributed by atoms with Crippen LogP contribution in [0.4, 0.5) is 4.39 Å². The maximum atomic E-state index is 13.2. The standard InChI is InChI=1S/C20H17FN2O2S/c21-14-10-8-13(9-11-14)12-23-19(25)15-4-1-2-5-16(15)22-20(23)26-18-7-3-6-17(18)24/h1-2,4-5,8-11,18H,3,6-7,12H2/t18-/m0/s1. The highest BCUT2D eigenvalue weighted by Gasteiger charge is 2.27. The number of carbonyl (C=O) groups is 1. The Kier molecular flexibility index (Phi) is 4.59. The van der Waals surface area contributed by atoms with Gasteiger partial charge in [-0.05, 0) is 42.7 Å². The minimum Gasteiger partial charge on any atom is -0.298 e. The Hall–Kier alpha value is -2.47. The van der Waals surface area contributed by atoms with E-state index in [0.717, 1.165) is 18.4 Å². The van der Waals surface area contributed by atoms with E-state index in [1.165, 1.54) is 23.9 Å². The zero-order valence-corrected chi connectivity index (χ0v) is 14.8. The lowest BCUT2D eigenvalue weighted by Gasteiger charge is -2.15. The van der Waals surface area contributed by atoms with Crippen LogP contribution in [-0.4, -0.2) is 20.6 Å². The molecule has 4 rings (SSSR count). The van der Waals surface area contributed by atoms with Crippen LogP contribution in [0.1, 0.15) is 24.8 Å². The highest BCUT2D eigenvalue weighted by atomic mass is 32.2. The minimum atomic E-state index is -0.316. The lowest BCUT2D eigenvalue weighted by molar-refractivity contribution is -0.116. The van der Waals surface area contributed by atoms with Gasteiger partial charge in [0.2, 0.25) is 0 Å². The van der Waals surface area contributed by atoms with Crippen molar-refractivity contribution in [2.75, 3.05) is 0 Å². The number of rotatable bonds is 4. The maximum Gasteiger partial charge on any atom is 0.262 e. The predicted octanol–water partition coefficient (Wildman–Crippen LogP) is 3.80. The minimum absolute atomic E-state index is 0.145. The fourth-order valence-corrected chi connectivity index (χ4v) is 4.40. The van der Waals surface area contributed by atoms with Crippen molar-refractivity contribution < 1.29 is 9.18 Å². The van der Waals surface area contributed by atoms with E-state index in [4.69, 9.17) is 0 Å². The number of hydrogen-bond acceptors (Lipinski definition) is 4. The maximum absolute atomic E-state index is 13.2. The summed E-state index contributed by atoms with van der Waals surface area (Å²) in [4.78, 5) is 29.7. The molecule has 0 N–H and O–H groups in total. The Morgan fingerprint density at radius 3 is 2.62 bits per heavy atom. The van der Waals surface area contributed by atoms with Crippen molar-refractivity contribution in [3.8, 4) is 0 Å². The van der Waals surface area contributed by atoms with Gasteiger partial charge in [-0.15, -0.1) is 0 Å². The summed E-state index contributed by atoms with van der Waals surface area (Å²) in [5.74, 6) is -0.102. The zero-order chi connectivity index (χ0) is 18.1. The summed E-state index contributed by atoms with van der Waals surface area (Å²) in [5, 5.41) is 0.928. The molecule has 3 aromatic rings. The van der Waals surface area contributed by atoms with Gasteiger partial charge in [-0.25, -0.2) is 9.37 Å². The topological polar surface area (TPSA) is 52.0 Å². The van der Waals surface area contributed by atoms with Crippen molar-refractivity contribution in [3.63, 3.8) is 0 Å². The summed E-state index contributed by atoms with van der Waals surface area (Å²) in [5.41, 5.74) is 1.29. The van der Waals surface area contributed by atoms with Gasteiger partial charge in [0.15, 0.2) is 5.16 Å². The molecule has 0 radical (unpaired) electrons. The van der Waals surface area contributed by atoms with Crippen LogP contribution in [0, 0.1) is 5.82 Å². The number of Topliss-reactive ketones (excluding diaryl/α,β-unsaturated/α-hetero) is 1. The van der Waals surface area contributed by atoms with Crippen molar-refractivity contribution in [3.05, 3.63) is 70.3 Å². The summed E-state index contributed by atoms with van der Waals surface area (Å²) in [6, 6.07) is 13.3. The van der Waals surface area contributed by atoms with Gasteiger partial charge in [0.05, 0.1) is 22.7 Å². The molecular weight excluding hydrogens is 351 g/mol. The average molecular weight is 368 g/mol. The van der Waals surface area contributed by atoms with E-state index in [0.29, 0.717) is 29.0 Å². The van der Waals surface area contributed by atoms with Gasteiger partial charge < -0.3 is 0 Å². The molecule has 132 valence electrons. The molecule has 26 heavy (non-hydrogen) atoms. The zero-order valence-electron chi connectivity index (χ0n) is 14.0. The highest BCUT2D eigenvalue weighted by molar-refractivity contribution is 8.00. The molecule has 6 heteroatoms. The van der Waals surface area contributed by atoms with Gasteiger partial charge in [-0.1, -0.05) is 36.0 Å². The number of hydrogen-bond donors (Lipinski definition) is 0. The second-order valence-corrected chi connectivity index (χ2v) is 7.56. The highest BCUT2D eigenvalue weighted by Crippen LogP contribution is 2.32. The number of para-hydroxylation sites is 1. The number of ketones is 1. The molecule has 1 aliphatic rings. The first-order valence-electron chi connectivity index (χ1n) is 8.55. The molecule has 1 atom stereocenters. The quantitative estimate of drug-likeness (QED) is 0.658. The summed E-state index contributed by atoms with van der Waals surface area (Å²) < 4.78 is 14.8. The Balaban J connectivity index is 1.80. The second kappa shape index (κ2) is 7.03. The Morgan fingerprint density at radius 1 is 1.12 bits per heavy atom. The van der Waals surface area contributed by atoms with Crippen LogP contribution in [0.15, 0.2) is 58.5 Å². The van der Waals surface area contributed by atoms with Gasteiger partial charge >= 0.3 is 0 Å². The van der Waals surface area contributed by atoms with Crippen molar-refractivity contribution in [1.82, 2.24) is 9.55 Å². The number of thioether (sulfide) groups is 1. The third kappa shape index (κ3) is 3.29. The molecule has 0 amide bonds. The molecule has 0 aliphatic heterocycles. The van der Waals surface area contributed by atoms with Crippen LogP contribution in [0.25, 0.3) is 10.9 Å². The molecule has 1 heterocycles. The molecule has 0 bridgehead atoms. The Morgan fingerprint density at radius 2 is 1.88 bits per heavy atom. The van der Waals surface area contributed by atoms with E-state index in [1.807, 2.05) is 6.07 Å². The molecule has 1 aliphatic carbocycles. The van der Waals surface area contributed by atoms with E-state index in [2.05, 4.69) is 4.98 Å². The SMILES string of the molecule is O=C1CCC[C@@H]1Sc1nc2ccccc2c(=O)n1Cc1ccc(F)cc1. The first-order chi connectivity index (χ1) is 12.6. The van der Waals surface area contributed by atoms with E-state index in [9.17, 15) is 14.0 Å². The number of fused-ring (bicyclic) bond motifs is 1. The fourth-order valence-electron chi connectivity index (χ4n) is 3.18. The normalized spacial score (nSPS) is 17.1. The van der Waals surface area contributed by atoms with Crippen molar-refractivity contribution in [1.29, 1.82) is 0 Å². The number of nitrogens with zero attached hydrogens (tertiary/aromatic N) is 2. The second-order valence-electron chi connectivity index (χ2n) is 6.39. The molecule has 4 nitrogen and oxygen atoms in total. The molecule has 1 saturated carbocycles. The number of aromatic nitrogens is 2. The van der Waals surface area contributed by atoms with Crippen LogP contribution < -0.4 is 5.56 Å². The summed E-state index contributed by atoms with van der Waals surface area (Å²) in [6.45, 7) is 0.292. The Bertz CT molecular complexity index is 1030. The van der Waals surface area contributed by atoms with Gasteiger partial charge in [0.25, 0.3) is 5.56 Å². The fraction of sp³-hybridized carbons (Fsp3) is 0.250. The van der Waals surface area contributed by atoms with E-state index >= 15 is 0 Å². The first-order valence-corrected chi connectivity index (χ1v) is 9.43. The van der Waals surface area contributed by atoms with Crippen molar-refractivity contribution in [2.24, 2.45) is 0 Å². The Labute approximate surface area is 154 Å². The summed E-state index contributed by atoms with van der Waals surface area (Å²) in [7, 11) is 0. The smallest absolute Gasteiger partial charge is 0.262 e. The van der Waals surface area contributed by atoms with E-state index in [-0.39, 0.29) is 22.4 Å². The van der Waals surface area contributed by atoms with Crippen LogP contribution in [0.3, 0.4) is 0 Å². The van der Waals surface area contributed by atoms with Crippen LogP contribution in [-0.2, 0) is 11.3 Å². The molecule has 0 unspecified atom stereocenters. The van der Waals surface area contributed by atoms with Crippen molar-refractivity contribution >= 4 is 28.4 Å². The average Bonchev–Trinajstić information content (AvgIpc) is 3.05. The van der Waals surface area contributed by atoms with Gasteiger partial charge in [-0.2, -0.15) is 0 Å². The molecule has 1 aromatic heterocycles. The van der Waals surface area contributed by atoms with Gasteiger partial charge in [-0.3, -0.25) is 14.2 Å². The predicted molar refractivity (Wildman–Crippen MR) is 100 cm³/mol. The molecule has 1 fully saturated rings. The number of carbonyl (C=O) groups excluding carboxylic acids is 1. The van der Waals surface area contributed by atoms with Crippen LogP contribution >= 0.6 is 11.8 Å². The number of halogens is 1. The summed E-state index contributed by atoms with van der Waals surface area (Å²) >= 11 is 1.37. The lowest BCUT2D eigenvalue weighted by Crippen LogP contribution is -2.25. The molecule has 2 aromatic carbocycles. The van der Waals surface area contributed by atoms with E-state index < -0.39 is 0 Å². The largest absolute Gasteiger partial charge is 0.298 e. The van der Waals surface area contributed by atoms with Gasteiger partial charge in [0.1, 0.15) is 11.6 Å². The van der Waals surface area contributed by atoms with Gasteiger partial charge in [0, 0.05) is 6.42 Å². The third-order valence-corrected chi connectivity index (χ3v) is 5.88.